The van der Waals surface area contributed by atoms with Gasteiger partial charge in [-0.25, -0.2) is 4.79 Å². The third-order valence-corrected chi connectivity index (χ3v) is 4.42. The lowest BCUT2D eigenvalue weighted by atomic mass is 10.0. The molecule has 0 radical (unpaired) electrons. The van der Waals surface area contributed by atoms with Crippen LogP contribution in [0.1, 0.15) is 46.8 Å². The van der Waals surface area contributed by atoms with Crippen molar-refractivity contribution in [1.82, 2.24) is 0 Å². The highest BCUT2D eigenvalue weighted by molar-refractivity contribution is 7.13. The molecule has 0 aliphatic rings. The molecule has 0 aliphatic carbocycles. The second-order valence-electron chi connectivity index (χ2n) is 5.72. The fraction of sp³-hybridized carbons (Fsp3) is 0.333. The van der Waals surface area contributed by atoms with Crippen molar-refractivity contribution in [2.75, 3.05) is 5.32 Å². The summed E-state index contributed by atoms with van der Waals surface area (Å²) in [7, 11) is 0. The number of carbonyl (C=O) groups excluding carboxylic acids is 2. The van der Waals surface area contributed by atoms with Crippen LogP contribution in [0.4, 0.5) is 5.69 Å². The summed E-state index contributed by atoms with van der Waals surface area (Å²) in [6, 6.07) is 11.2. The Hall–Kier alpha value is -2.14. The first kappa shape index (κ1) is 17.2. The van der Waals surface area contributed by atoms with Crippen LogP contribution in [0.25, 0.3) is 0 Å². The minimum Gasteiger partial charge on any atom is -0.448 e. The first-order valence-corrected chi connectivity index (χ1v) is 8.36. The maximum absolute atomic E-state index is 12.1. The number of nitrogens with one attached hydrogen (secondary N) is 1. The van der Waals surface area contributed by atoms with Gasteiger partial charge in [0.05, 0.1) is 0 Å². The number of benzene rings is 1. The van der Waals surface area contributed by atoms with Crippen LogP contribution < -0.4 is 5.32 Å². The summed E-state index contributed by atoms with van der Waals surface area (Å²) in [5.41, 5.74) is 1.89. The fourth-order valence-corrected chi connectivity index (χ4v) is 2.76. The highest BCUT2D eigenvalue weighted by Crippen LogP contribution is 2.19. The second-order valence-corrected chi connectivity index (χ2v) is 7.01. The number of anilines is 1. The van der Waals surface area contributed by atoms with E-state index in [1.807, 2.05) is 37.3 Å². The summed E-state index contributed by atoms with van der Waals surface area (Å²) in [6.45, 7) is 7.71. The number of thiophene rings is 1. The number of aryl methyl sites for hydroxylation is 1. The van der Waals surface area contributed by atoms with E-state index >= 15 is 0 Å². The van der Waals surface area contributed by atoms with Gasteiger partial charge < -0.3 is 10.1 Å². The van der Waals surface area contributed by atoms with Crippen molar-refractivity contribution in [3.05, 3.63) is 51.7 Å². The SMILES string of the molecule is Cc1ccc(C(=O)O[C@H](C)C(=O)Nc2ccc(C(C)C)cc2)s1. The average molecular weight is 331 g/mol. The quantitative estimate of drug-likeness (QED) is 0.828. The van der Waals surface area contributed by atoms with Crippen LogP contribution in [0.2, 0.25) is 0 Å². The van der Waals surface area contributed by atoms with Crippen LogP contribution in [-0.4, -0.2) is 18.0 Å². The predicted octanol–water partition coefficient (Wildman–Crippen LogP) is 4.36. The third kappa shape index (κ3) is 4.66. The van der Waals surface area contributed by atoms with E-state index < -0.39 is 12.1 Å². The monoisotopic (exact) mass is 331 g/mol. The Morgan fingerprint density at radius 3 is 2.22 bits per heavy atom. The number of esters is 1. The van der Waals surface area contributed by atoms with E-state index in [1.54, 1.807) is 13.0 Å². The minimum absolute atomic E-state index is 0.344. The van der Waals surface area contributed by atoms with Crippen LogP contribution in [0.3, 0.4) is 0 Å². The highest BCUT2D eigenvalue weighted by atomic mass is 32.1. The van der Waals surface area contributed by atoms with Gasteiger partial charge in [-0.1, -0.05) is 26.0 Å². The standard InChI is InChI=1S/C18H21NO3S/c1-11(2)14-6-8-15(9-7-14)19-17(20)13(4)22-18(21)16-10-5-12(3)23-16/h5-11,13H,1-4H3,(H,19,20)/t13-/m1/s1. The van der Waals surface area contributed by atoms with Crippen LogP contribution in [-0.2, 0) is 9.53 Å². The molecule has 5 heteroatoms. The fourth-order valence-electron chi connectivity index (χ4n) is 2.01. The van der Waals surface area contributed by atoms with Gasteiger partial charge in [-0.3, -0.25) is 4.79 Å². The van der Waals surface area contributed by atoms with Crippen molar-refractivity contribution in [3.63, 3.8) is 0 Å². The Morgan fingerprint density at radius 1 is 1.04 bits per heavy atom. The van der Waals surface area contributed by atoms with Gasteiger partial charge in [0.1, 0.15) is 4.88 Å². The van der Waals surface area contributed by atoms with Crippen molar-refractivity contribution in [3.8, 4) is 0 Å². The summed E-state index contributed by atoms with van der Waals surface area (Å²) in [4.78, 5) is 25.6. The summed E-state index contributed by atoms with van der Waals surface area (Å²) in [5.74, 6) is -0.376. The van der Waals surface area contributed by atoms with Crippen LogP contribution in [0.15, 0.2) is 36.4 Å². The molecule has 0 saturated heterocycles. The van der Waals surface area contributed by atoms with E-state index in [0.29, 0.717) is 16.5 Å². The topological polar surface area (TPSA) is 55.4 Å². The maximum Gasteiger partial charge on any atom is 0.349 e. The van der Waals surface area contributed by atoms with Crippen molar-refractivity contribution < 1.29 is 14.3 Å². The molecule has 122 valence electrons. The summed E-state index contributed by atoms with van der Waals surface area (Å²) < 4.78 is 5.21. The number of rotatable bonds is 5. The van der Waals surface area contributed by atoms with Gasteiger partial charge in [-0.15, -0.1) is 11.3 Å². The van der Waals surface area contributed by atoms with Gasteiger partial charge in [0.2, 0.25) is 0 Å². The van der Waals surface area contributed by atoms with Gasteiger partial charge in [0.25, 0.3) is 5.91 Å². The summed E-state index contributed by atoms with van der Waals surface area (Å²) in [6.07, 6.45) is -0.852. The lowest BCUT2D eigenvalue weighted by Crippen LogP contribution is -2.29. The normalized spacial score (nSPS) is 12.0. The number of amides is 1. The molecule has 1 amide bonds. The van der Waals surface area contributed by atoms with Gasteiger partial charge in [-0.2, -0.15) is 0 Å². The Kier molecular flexibility index (Phi) is 5.55. The van der Waals surface area contributed by atoms with E-state index in [2.05, 4.69) is 19.2 Å². The van der Waals surface area contributed by atoms with E-state index in [1.165, 1.54) is 16.9 Å². The molecule has 0 spiro atoms. The first-order valence-electron chi connectivity index (χ1n) is 7.55. The number of carbonyl (C=O) groups is 2. The van der Waals surface area contributed by atoms with Gasteiger partial charge in [-0.05, 0) is 49.6 Å². The highest BCUT2D eigenvalue weighted by Gasteiger charge is 2.20. The van der Waals surface area contributed by atoms with E-state index in [-0.39, 0.29) is 5.91 Å². The van der Waals surface area contributed by atoms with Crippen molar-refractivity contribution in [2.45, 2.75) is 39.7 Å². The van der Waals surface area contributed by atoms with Gasteiger partial charge in [0, 0.05) is 10.6 Å². The molecule has 1 aromatic heterocycles. The third-order valence-electron chi connectivity index (χ3n) is 3.44. The van der Waals surface area contributed by atoms with E-state index in [0.717, 1.165) is 4.88 Å². The molecule has 4 nitrogen and oxygen atoms in total. The van der Waals surface area contributed by atoms with Gasteiger partial charge in [0.15, 0.2) is 6.10 Å². The predicted molar refractivity (Wildman–Crippen MR) is 93.1 cm³/mol. The molecule has 0 saturated carbocycles. The number of hydrogen-bond donors (Lipinski definition) is 1. The first-order chi connectivity index (χ1) is 10.9. The van der Waals surface area contributed by atoms with Crippen molar-refractivity contribution in [1.29, 1.82) is 0 Å². The van der Waals surface area contributed by atoms with E-state index in [9.17, 15) is 9.59 Å². The van der Waals surface area contributed by atoms with Crippen molar-refractivity contribution >= 4 is 28.9 Å². The molecule has 1 atom stereocenters. The summed E-state index contributed by atoms with van der Waals surface area (Å²) >= 11 is 1.35. The Bertz CT molecular complexity index is 689. The van der Waals surface area contributed by atoms with Crippen LogP contribution in [0.5, 0.6) is 0 Å². The zero-order valence-corrected chi connectivity index (χ0v) is 14.6. The van der Waals surface area contributed by atoms with Crippen molar-refractivity contribution in [2.24, 2.45) is 0 Å². The van der Waals surface area contributed by atoms with Gasteiger partial charge >= 0.3 is 5.97 Å². The molecule has 0 bridgehead atoms. The Labute approximate surface area is 140 Å². The number of ether oxygens (including phenoxy) is 1. The molecule has 1 heterocycles. The summed E-state index contributed by atoms with van der Waals surface area (Å²) in [5, 5.41) is 2.76. The molecule has 23 heavy (non-hydrogen) atoms. The maximum atomic E-state index is 12.1. The Morgan fingerprint density at radius 2 is 1.70 bits per heavy atom. The second kappa shape index (κ2) is 7.42. The van der Waals surface area contributed by atoms with Crippen LogP contribution >= 0.6 is 11.3 Å². The molecule has 0 aliphatic heterocycles. The molecule has 0 fully saturated rings. The lowest BCUT2D eigenvalue weighted by Gasteiger charge is -2.13. The van der Waals surface area contributed by atoms with Crippen LogP contribution in [0, 0.1) is 6.92 Å². The Balaban J connectivity index is 1.93. The molecule has 2 rings (SSSR count). The average Bonchev–Trinajstić information content (AvgIpc) is 2.94. The zero-order chi connectivity index (χ0) is 17.0. The number of hydrogen-bond acceptors (Lipinski definition) is 4. The lowest BCUT2D eigenvalue weighted by molar-refractivity contribution is -0.123. The molecule has 0 unspecified atom stereocenters. The van der Waals surface area contributed by atoms with E-state index in [4.69, 9.17) is 4.74 Å². The molecule has 2 aromatic rings. The molecular formula is C18H21NO3S. The molecule has 1 aromatic carbocycles. The molecular weight excluding hydrogens is 310 g/mol. The smallest absolute Gasteiger partial charge is 0.349 e. The molecule has 1 N–H and O–H groups in total. The zero-order valence-electron chi connectivity index (χ0n) is 13.8. The largest absolute Gasteiger partial charge is 0.448 e. The minimum atomic E-state index is -0.852.